The first-order valence-corrected chi connectivity index (χ1v) is 10.2. The third-order valence-corrected chi connectivity index (χ3v) is 6.41. The summed E-state index contributed by atoms with van der Waals surface area (Å²) in [5.74, 6) is -0.955. The van der Waals surface area contributed by atoms with Crippen LogP contribution in [0.3, 0.4) is 0 Å². The first kappa shape index (κ1) is 18.8. The van der Waals surface area contributed by atoms with Crippen LogP contribution in [-0.4, -0.2) is 34.9 Å². The summed E-state index contributed by atoms with van der Waals surface area (Å²) >= 11 is 0. The van der Waals surface area contributed by atoms with Crippen molar-refractivity contribution in [2.45, 2.75) is 23.8 Å². The van der Waals surface area contributed by atoms with Gasteiger partial charge in [-0.3, -0.25) is 4.79 Å². The second-order valence-corrected chi connectivity index (χ2v) is 8.22. The number of benzene rings is 3. The van der Waals surface area contributed by atoms with Gasteiger partial charge in [-0.1, -0.05) is 41.9 Å². The van der Waals surface area contributed by atoms with Crippen LogP contribution in [0.25, 0.3) is 10.8 Å². The number of nitrogens with zero attached hydrogens (tertiary/aromatic N) is 1. The summed E-state index contributed by atoms with van der Waals surface area (Å²) in [7, 11) is 4.07. The summed E-state index contributed by atoms with van der Waals surface area (Å²) in [6.07, 6.45) is 1.32. The largest absolute Gasteiger partial charge is 0.322 e. The molecule has 0 spiro atoms. The van der Waals surface area contributed by atoms with Crippen LogP contribution in [0.2, 0.25) is 0 Å². The number of carbonyl (C=O) groups excluding carboxylic acids is 1. The molecule has 1 amide bonds. The highest BCUT2D eigenvalue weighted by molar-refractivity contribution is 7.82. The topological polar surface area (TPSA) is 49.4 Å². The van der Waals surface area contributed by atoms with Crippen LogP contribution >= 0.6 is 0 Å². The Morgan fingerprint density at radius 2 is 1.89 bits per heavy atom. The van der Waals surface area contributed by atoms with Crippen molar-refractivity contribution in [2.24, 2.45) is 0 Å². The van der Waals surface area contributed by atoms with E-state index in [1.165, 1.54) is 12.1 Å². The van der Waals surface area contributed by atoms with E-state index >= 15 is 0 Å². The molecular weight excluding hydrogens is 374 g/mol. The molecule has 1 N–H and O–H groups in total. The molecule has 2 atom stereocenters. The Labute approximate surface area is 166 Å². The van der Waals surface area contributed by atoms with Crippen molar-refractivity contribution in [1.82, 2.24) is 4.31 Å². The molecule has 1 heterocycles. The quantitative estimate of drug-likeness (QED) is 0.695. The van der Waals surface area contributed by atoms with E-state index in [-0.39, 0.29) is 17.1 Å². The number of nitrogens with one attached hydrogen (secondary N) is 1. The molecule has 3 aromatic rings. The van der Waals surface area contributed by atoms with Crippen LogP contribution in [0.5, 0.6) is 0 Å². The van der Waals surface area contributed by atoms with Gasteiger partial charge in [-0.15, -0.1) is 0 Å². The van der Waals surface area contributed by atoms with Crippen molar-refractivity contribution in [3.05, 3.63) is 66.5 Å². The summed E-state index contributed by atoms with van der Waals surface area (Å²) in [4.78, 5) is 13.4. The maximum absolute atomic E-state index is 14.0. The van der Waals surface area contributed by atoms with E-state index in [0.29, 0.717) is 17.9 Å². The van der Waals surface area contributed by atoms with Gasteiger partial charge < -0.3 is 5.32 Å². The van der Waals surface area contributed by atoms with E-state index in [0.717, 1.165) is 23.3 Å². The average molecular weight is 392 g/mol. The zero-order valence-corrected chi connectivity index (χ0v) is 15.9. The van der Waals surface area contributed by atoms with Crippen molar-refractivity contribution in [1.29, 1.82) is 0 Å². The van der Waals surface area contributed by atoms with Gasteiger partial charge in [0.05, 0.1) is 10.6 Å². The van der Waals surface area contributed by atoms with Crippen LogP contribution in [0.1, 0.15) is 12.8 Å². The molecule has 28 heavy (non-hydrogen) atoms. The minimum Gasteiger partial charge on any atom is -0.322 e. The Kier molecular flexibility index (Phi) is 5.28. The number of halogens is 1. The number of hydrogen-bond donors (Lipinski definition) is 1. The van der Waals surface area contributed by atoms with Crippen molar-refractivity contribution in [3.63, 3.8) is 0 Å². The summed E-state index contributed by atoms with van der Waals surface area (Å²) < 4.78 is 28.8. The molecule has 1 saturated heterocycles. The van der Waals surface area contributed by atoms with E-state index in [1.807, 2.05) is 42.5 Å². The summed E-state index contributed by atoms with van der Waals surface area (Å²) in [6, 6.07) is 17.0. The Hall–Kier alpha value is -2.51. The molecule has 0 aliphatic carbocycles. The third kappa shape index (κ3) is 3.72. The van der Waals surface area contributed by atoms with Crippen LogP contribution in [0, 0.1) is 5.82 Å². The molecule has 0 bridgehead atoms. The molecule has 1 aliphatic rings. The van der Waals surface area contributed by atoms with Gasteiger partial charge in [0.15, 0.2) is 0 Å². The zero-order valence-electron chi connectivity index (χ0n) is 15.1. The highest BCUT2D eigenvalue weighted by Gasteiger charge is 2.35. The number of fused-ring (bicyclic) bond motifs is 1. The van der Waals surface area contributed by atoms with Crippen molar-refractivity contribution < 1.29 is 13.4 Å². The smallest absolute Gasteiger partial charge is 0.242 e. The Morgan fingerprint density at radius 1 is 1.11 bits per heavy atom. The van der Waals surface area contributed by atoms with Gasteiger partial charge in [0, 0.05) is 6.54 Å². The molecule has 7 heteroatoms. The lowest BCUT2D eigenvalue weighted by atomic mass is 9.96. The van der Waals surface area contributed by atoms with Crippen molar-refractivity contribution in [2.75, 3.05) is 11.9 Å². The van der Waals surface area contributed by atoms with Crippen LogP contribution in [0.4, 0.5) is 10.1 Å². The third-order valence-electron chi connectivity index (χ3n) is 4.89. The molecule has 4 rings (SSSR count). The van der Waals surface area contributed by atoms with E-state index in [4.69, 9.17) is 7.85 Å². The number of carbonyl (C=O) groups is 1. The molecular formula is C21H18BFN2O2S. The highest BCUT2D eigenvalue weighted by atomic mass is 32.2. The van der Waals surface area contributed by atoms with Gasteiger partial charge in [0.2, 0.25) is 5.91 Å². The van der Waals surface area contributed by atoms with Gasteiger partial charge in [0.1, 0.15) is 30.7 Å². The first-order chi connectivity index (χ1) is 13.5. The van der Waals surface area contributed by atoms with E-state index in [2.05, 4.69) is 5.32 Å². The van der Waals surface area contributed by atoms with E-state index < -0.39 is 22.8 Å². The maximum atomic E-state index is 14.0. The summed E-state index contributed by atoms with van der Waals surface area (Å²) in [5.41, 5.74) is 0.359. The molecule has 0 aromatic heterocycles. The van der Waals surface area contributed by atoms with Crippen LogP contribution in [0.15, 0.2) is 65.6 Å². The normalized spacial score (nSPS) is 18.2. The molecule has 4 nitrogen and oxygen atoms in total. The Balaban J connectivity index is 1.54. The van der Waals surface area contributed by atoms with Crippen molar-refractivity contribution >= 4 is 46.7 Å². The first-order valence-electron chi connectivity index (χ1n) is 9.06. The lowest BCUT2D eigenvalue weighted by Crippen LogP contribution is -2.40. The van der Waals surface area contributed by atoms with Gasteiger partial charge in [0.25, 0.3) is 0 Å². The minimum absolute atomic E-state index is 0.0718. The lowest BCUT2D eigenvalue weighted by molar-refractivity contribution is -0.119. The van der Waals surface area contributed by atoms with Gasteiger partial charge >= 0.3 is 0 Å². The molecule has 1 aliphatic heterocycles. The average Bonchev–Trinajstić information content (AvgIpc) is 3.19. The Bertz CT molecular complexity index is 1080. The predicted molar refractivity (Wildman–Crippen MR) is 111 cm³/mol. The number of rotatable bonds is 4. The molecule has 2 radical (unpaired) electrons. The molecule has 1 fully saturated rings. The van der Waals surface area contributed by atoms with E-state index in [9.17, 15) is 13.4 Å². The molecule has 3 aromatic carbocycles. The van der Waals surface area contributed by atoms with E-state index in [1.54, 1.807) is 4.31 Å². The number of amides is 1. The highest BCUT2D eigenvalue weighted by Crippen LogP contribution is 2.26. The summed E-state index contributed by atoms with van der Waals surface area (Å²) in [5, 5.41) is 4.66. The van der Waals surface area contributed by atoms with Crippen LogP contribution < -0.4 is 10.8 Å². The predicted octanol–water partition coefficient (Wildman–Crippen LogP) is 2.90. The number of anilines is 1. The standard InChI is InChI=1S/C21H18BFN2O2S/c22-16-8-10-19(18(23)13-16)24-21(26)20-6-3-11-25(20)28(27)17-9-7-14-4-1-2-5-15(14)12-17/h1-2,4-5,7-10,12-13,20H,3,6,11H2,(H,24,26). The molecule has 140 valence electrons. The van der Waals surface area contributed by atoms with Gasteiger partial charge in [-0.05, 0) is 47.9 Å². The van der Waals surface area contributed by atoms with Crippen molar-refractivity contribution in [3.8, 4) is 0 Å². The van der Waals surface area contributed by atoms with Gasteiger partial charge in [-0.2, -0.15) is 0 Å². The van der Waals surface area contributed by atoms with Gasteiger partial charge in [-0.25, -0.2) is 12.9 Å². The summed E-state index contributed by atoms with van der Waals surface area (Å²) in [6.45, 7) is 0.543. The maximum Gasteiger partial charge on any atom is 0.242 e. The fraction of sp³-hybridized carbons (Fsp3) is 0.190. The lowest BCUT2D eigenvalue weighted by Gasteiger charge is -2.23. The van der Waals surface area contributed by atoms with Crippen LogP contribution in [-0.2, 0) is 15.8 Å². The number of hydrogen-bond acceptors (Lipinski definition) is 2. The Morgan fingerprint density at radius 3 is 2.68 bits per heavy atom. The minimum atomic E-state index is -1.47. The zero-order chi connectivity index (χ0) is 19.7. The SMILES string of the molecule is [B]c1ccc(NC(=O)C2CCCN2S(=O)c2ccc3ccccc3c2)c(F)c1. The fourth-order valence-electron chi connectivity index (χ4n) is 3.46. The second kappa shape index (κ2) is 7.85. The second-order valence-electron chi connectivity index (χ2n) is 6.79. The fourth-order valence-corrected chi connectivity index (χ4v) is 4.87. The molecule has 2 unspecified atom stereocenters. The monoisotopic (exact) mass is 392 g/mol. The molecule has 0 saturated carbocycles.